The molecule has 7 heteroatoms. The molecule has 4 nitrogen and oxygen atoms in total. The van der Waals surface area contributed by atoms with Crippen LogP contribution in [-0.2, 0) is 9.47 Å². The second kappa shape index (κ2) is 8.05. The molecule has 90 valence electrons. The van der Waals surface area contributed by atoms with Crippen molar-refractivity contribution >= 4 is 35.5 Å². The van der Waals surface area contributed by atoms with Gasteiger partial charge in [-0.2, -0.15) is 13.5 Å². The topological polar surface area (TPSA) is 24.9 Å². The van der Waals surface area contributed by atoms with Gasteiger partial charge in [0.2, 0.25) is 0 Å². The Morgan fingerprint density at radius 2 is 1.00 bits per heavy atom. The van der Waals surface area contributed by atoms with E-state index in [0.717, 1.165) is 52.6 Å². The standard InChI is InChI=1S/C8H16N2O2S2.H2S/c1-5-11-6-2-9(1)13-14-10-3-7-12-8-4-10;/h1-8H2;1H2. The van der Waals surface area contributed by atoms with Crippen LogP contribution in [0.2, 0.25) is 0 Å². The maximum Gasteiger partial charge on any atom is 0.0603 e. The quantitative estimate of drug-likeness (QED) is 0.560. The highest BCUT2D eigenvalue weighted by Gasteiger charge is 2.15. The maximum atomic E-state index is 5.29. The van der Waals surface area contributed by atoms with Crippen LogP contribution in [0, 0.1) is 0 Å². The molecular formula is C8H18N2O2S3. The van der Waals surface area contributed by atoms with Crippen molar-refractivity contribution < 1.29 is 9.47 Å². The molecule has 0 aromatic rings. The van der Waals surface area contributed by atoms with Crippen LogP contribution in [0.3, 0.4) is 0 Å². The highest BCUT2D eigenvalue weighted by molar-refractivity contribution is 8.74. The number of rotatable bonds is 3. The van der Waals surface area contributed by atoms with Crippen LogP contribution in [0.4, 0.5) is 0 Å². The predicted octanol–water partition coefficient (Wildman–Crippen LogP) is 0.975. The van der Waals surface area contributed by atoms with Crippen molar-refractivity contribution in [2.45, 2.75) is 0 Å². The van der Waals surface area contributed by atoms with E-state index < -0.39 is 0 Å². The van der Waals surface area contributed by atoms with E-state index in [-0.39, 0.29) is 13.5 Å². The Labute approximate surface area is 106 Å². The molecule has 0 saturated carbocycles. The first-order valence-corrected chi connectivity index (χ1v) is 7.02. The highest BCUT2D eigenvalue weighted by Crippen LogP contribution is 2.30. The average Bonchev–Trinajstić information content (AvgIpc) is 2.29. The molecule has 2 fully saturated rings. The van der Waals surface area contributed by atoms with Crippen LogP contribution in [0.25, 0.3) is 0 Å². The normalized spacial score (nSPS) is 24.8. The maximum absolute atomic E-state index is 5.29. The Hall–Kier alpha value is 0.890. The van der Waals surface area contributed by atoms with Crippen molar-refractivity contribution in [1.82, 2.24) is 8.61 Å². The monoisotopic (exact) mass is 270 g/mol. The summed E-state index contributed by atoms with van der Waals surface area (Å²) in [5, 5.41) is 0. The summed E-state index contributed by atoms with van der Waals surface area (Å²) in [6.45, 7) is 7.66. The molecule has 0 aromatic heterocycles. The largest absolute Gasteiger partial charge is 0.379 e. The van der Waals surface area contributed by atoms with E-state index in [9.17, 15) is 0 Å². The Balaban J connectivity index is 0.00000112. The molecule has 2 rings (SSSR count). The first-order chi connectivity index (χ1) is 6.95. The second-order valence-electron chi connectivity index (χ2n) is 3.23. The Bertz CT molecular complexity index is 146. The molecule has 2 aliphatic heterocycles. The summed E-state index contributed by atoms with van der Waals surface area (Å²) in [5.74, 6) is 0. The summed E-state index contributed by atoms with van der Waals surface area (Å²) < 4.78 is 15.3. The zero-order chi connectivity index (χ0) is 9.64. The van der Waals surface area contributed by atoms with Crippen molar-refractivity contribution in [3.8, 4) is 0 Å². The minimum absolute atomic E-state index is 0. The first-order valence-electron chi connectivity index (χ1n) is 4.95. The van der Waals surface area contributed by atoms with Gasteiger partial charge in [0.25, 0.3) is 0 Å². The molecule has 2 heterocycles. The molecule has 0 amide bonds. The van der Waals surface area contributed by atoms with Crippen LogP contribution in [0.1, 0.15) is 0 Å². The van der Waals surface area contributed by atoms with Crippen LogP contribution >= 0.6 is 35.5 Å². The van der Waals surface area contributed by atoms with Gasteiger partial charge in [-0.3, -0.25) is 0 Å². The van der Waals surface area contributed by atoms with E-state index in [1.54, 1.807) is 0 Å². The lowest BCUT2D eigenvalue weighted by atomic mass is 10.5. The number of ether oxygens (including phenoxy) is 2. The first kappa shape index (κ1) is 14.0. The number of morpholine rings is 2. The predicted molar refractivity (Wildman–Crippen MR) is 70.3 cm³/mol. The molecule has 0 aliphatic carbocycles. The van der Waals surface area contributed by atoms with Crippen LogP contribution < -0.4 is 0 Å². The summed E-state index contributed by atoms with van der Waals surface area (Å²) in [4.78, 5) is 0. The van der Waals surface area contributed by atoms with Crippen LogP contribution in [0.15, 0.2) is 0 Å². The Morgan fingerprint density at radius 1 is 0.667 bits per heavy atom. The van der Waals surface area contributed by atoms with Crippen LogP contribution in [0.5, 0.6) is 0 Å². The zero-order valence-corrected chi connectivity index (χ0v) is 11.3. The Morgan fingerprint density at radius 3 is 1.33 bits per heavy atom. The molecule has 0 bridgehead atoms. The fourth-order valence-corrected chi connectivity index (χ4v) is 3.58. The fourth-order valence-electron chi connectivity index (χ4n) is 1.34. The van der Waals surface area contributed by atoms with Crippen molar-refractivity contribution in [3.63, 3.8) is 0 Å². The minimum Gasteiger partial charge on any atom is -0.379 e. The number of nitrogens with zero attached hydrogens (tertiary/aromatic N) is 2. The summed E-state index contributed by atoms with van der Waals surface area (Å²) in [7, 11) is 3.69. The Kier molecular flexibility index (Phi) is 7.49. The lowest BCUT2D eigenvalue weighted by Gasteiger charge is -2.29. The van der Waals surface area contributed by atoms with Crippen molar-refractivity contribution in [1.29, 1.82) is 0 Å². The number of hydrogen-bond donors (Lipinski definition) is 0. The highest BCUT2D eigenvalue weighted by atomic mass is 33.1. The zero-order valence-electron chi connectivity index (χ0n) is 8.68. The smallest absolute Gasteiger partial charge is 0.0603 e. The average molecular weight is 270 g/mol. The molecule has 0 radical (unpaired) electrons. The fraction of sp³-hybridized carbons (Fsp3) is 1.00. The third-order valence-electron chi connectivity index (χ3n) is 2.18. The molecule has 0 aromatic carbocycles. The van der Waals surface area contributed by atoms with Gasteiger partial charge < -0.3 is 9.47 Å². The van der Waals surface area contributed by atoms with Gasteiger partial charge in [-0.05, 0) is 0 Å². The molecule has 0 spiro atoms. The molecule has 0 N–H and O–H groups in total. The van der Waals surface area contributed by atoms with Gasteiger partial charge in [-0.1, -0.05) is 0 Å². The van der Waals surface area contributed by atoms with E-state index in [4.69, 9.17) is 9.47 Å². The van der Waals surface area contributed by atoms with E-state index in [0.29, 0.717) is 0 Å². The van der Waals surface area contributed by atoms with E-state index in [1.165, 1.54) is 0 Å². The molecule has 0 atom stereocenters. The molecule has 2 saturated heterocycles. The van der Waals surface area contributed by atoms with Crippen molar-refractivity contribution in [3.05, 3.63) is 0 Å². The second-order valence-corrected chi connectivity index (χ2v) is 5.46. The summed E-state index contributed by atoms with van der Waals surface area (Å²) in [6, 6.07) is 0. The third kappa shape index (κ3) is 5.16. The molecule has 15 heavy (non-hydrogen) atoms. The van der Waals surface area contributed by atoms with Gasteiger partial charge in [-0.25, -0.2) is 8.61 Å². The van der Waals surface area contributed by atoms with Gasteiger partial charge in [0.15, 0.2) is 0 Å². The van der Waals surface area contributed by atoms with Crippen LogP contribution in [-0.4, -0.2) is 61.2 Å². The summed E-state index contributed by atoms with van der Waals surface area (Å²) in [5.41, 5.74) is 0. The van der Waals surface area contributed by atoms with Gasteiger partial charge in [0.05, 0.1) is 26.4 Å². The van der Waals surface area contributed by atoms with Crippen molar-refractivity contribution in [2.75, 3.05) is 52.6 Å². The van der Waals surface area contributed by atoms with Gasteiger partial charge in [-0.15, -0.1) is 0 Å². The van der Waals surface area contributed by atoms with Gasteiger partial charge in [0.1, 0.15) is 0 Å². The SMILES string of the molecule is C1CN(SSN2CCOCC2)CCO1.S. The molecular weight excluding hydrogens is 252 g/mol. The van der Waals surface area contributed by atoms with E-state index in [1.807, 2.05) is 22.0 Å². The van der Waals surface area contributed by atoms with E-state index >= 15 is 0 Å². The molecule has 2 aliphatic rings. The lowest BCUT2D eigenvalue weighted by molar-refractivity contribution is 0.0761. The number of hydrogen-bond acceptors (Lipinski definition) is 6. The summed E-state index contributed by atoms with van der Waals surface area (Å²) in [6.07, 6.45) is 0. The minimum atomic E-state index is 0. The third-order valence-corrected chi connectivity index (χ3v) is 4.87. The van der Waals surface area contributed by atoms with E-state index in [2.05, 4.69) is 8.61 Å². The van der Waals surface area contributed by atoms with Crippen molar-refractivity contribution in [2.24, 2.45) is 0 Å². The molecule has 0 unspecified atom stereocenters. The van der Waals surface area contributed by atoms with Gasteiger partial charge in [0, 0.05) is 48.1 Å². The van der Waals surface area contributed by atoms with Gasteiger partial charge >= 0.3 is 0 Å². The lowest BCUT2D eigenvalue weighted by Crippen LogP contribution is -2.33. The summed E-state index contributed by atoms with van der Waals surface area (Å²) >= 11 is 0.